The van der Waals surface area contributed by atoms with Crippen LogP contribution < -0.4 is 5.32 Å². The number of likely N-dealkylation sites (N-methyl/N-ethyl adjacent to an activating group) is 1. The zero-order valence-electron chi connectivity index (χ0n) is 11.9. The molecule has 7 nitrogen and oxygen atoms in total. The first-order valence-corrected chi connectivity index (χ1v) is 7.19. The number of benzene rings is 1. The van der Waals surface area contributed by atoms with Crippen molar-refractivity contribution in [3.8, 4) is 0 Å². The highest BCUT2D eigenvalue weighted by Gasteiger charge is 2.20. The molecule has 1 atom stereocenters. The number of aromatic nitrogens is 1. The van der Waals surface area contributed by atoms with E-state index in [0.717, 1.165) is 32.5 Å². The number of nitro groups is 1. The summed E-state index contributed by atoms with van der Waals surface area (Å²) >= 11 is 0. The van der Waals surface area contributed by atoms with Gasteiger partial charge in [0.25, 0.3) is 11.7 Å². The van der Waals surface area contributed by atoms with Crippen molar-refractivity contribution in [3.05, 3.63) is 28.3 Å². The first-order valence-electron chi connectivity index (χ1n) is 7.19. The van der Waals surface area contributed by atoms with Crippen molar-refractivity contribution < 1.29 is 9.34 Å². The van der Waals surface area contributed by atoms with E-state index in [1.54, 1.807) is 6.07 Å². The van der Waals surface area contributed by atoms with Gasteiger partial charge in [0.2, 0.25) is 0 Å². The van der Waals surface area contributed by atoms with Gasteiger partial charge in [-0.05, 0) is 32.0 Å². The second-order valence-electron chi connectivity index (χ2n) is 5.30. The molecule has 2 heterocycles. The lowest BCUT2D eigenvalue weighted by molar-refractivity contribution is -0.384. The van der Waals surface area contributed by atoms with Crippen molar-refractivity contribution in [1.82, 2.24) is 9.88 Å². The van der Waals surface area contributed by atoms with Crippen LogP contribution in [0.15, 0.2) is 22.6 Å². The zero-order chi connectivity index (χ0) is 14.8. The molecule has 1 N–H and O–H groups in total. The molecule has 0 aliphatic carbocycles. The minimum atomic E-state index is -0.429. The number of non-ortho nitro benzene ring substituents is 1. The first-order chi connectivity index (χ1) is 10.2. The van der Waals surface area contributed by atoms with Crippen LogP contribution >= 0.6 is 0 Å². The van der Waals surface area contributed by atoms with Gasteiger partial charge in [-0.15, -0.1) is 0 Å². The van der Waals surface area contributed by atoms with Gasteiger partial charge in [0.15, 0.2) is 5.58 Å². The van der Waals surface area contributed by atoms with E-state index in [-0.39, 0.29) is 5.69 Å². The maximum atomic E-state index is 10.8. The summed E-state index contributed by atoms with van der Waals surface area (Å²) in [5.41, 5.74) is 1.10. The second kappa shape index (κ2) is 5.69. The monoisotopic (exact) mass is 290 g/mol. The standard InChI is InChI=1S/C14H18N4O3/c1-2-17-7-3-4-10(9-17)15-14-16-12-8-11(18(19)20)5-6-13(12)21-14/h5-6,8,10H,2-4,7,9H2,1H3,(H,15,16). The van der Waals surface area contributed by atoms with Gasteiger partial charge in [0.1, 0.15) is 5.52 Å². The Morgan fingerprint density at radius 1 is 1.57 bits per heavy atom. The van der Waals surface area contributed by atoms with Crippen LogP contribution in [-0.2, 0) is 0 Å². The molecule has 112 valence electrons. The fourth-order valence-corrected chi connectivity index (χ4v) is 2.73. The Morgan fingerprint density at radius 2 is 2.43 bits per heavy atom. The average Bonchev–Trinajstić information content (AvgIpc) is 2.88. The number of hydrogen-bond donors (Lipinski definition) is 1. The third kappa shape index (κ3) is 2.97. The number of oxazole rings is 1. The maximum Gasteiger partial charge on any atom is 0.295 e. The lowest BCUT2D eigenvalue weighted by atomic mass is 10.1. The molecule has 1 fully saturated rings. The van der Waals surface area contributed by atoms with Crippen molar-refractivity contribution in [2.75, 3.05) is 25.0 Å². The Balaban J connectivity index is 1.76. The van der Waals surface area contributed by atoms with Crippen LogP contribution in [0.5, 0.6) is 0 Å². The SMILES string of the molecule is CCN1CCCC(Nc2nc3cc([N+](=O)[O-])ccc3o2)C1. The highest BCUT2D eigenvalue weighted by molar-refractivity contribution is 5.77. The van der Waals surface area contributed by atoms with E-state index in [4.69, 9.17) is 4.42 Å². The van der Waals surface area contributed by atoms with Crippen molar-refractivity contribution in [2.24, 2.45) is 0 Å². The van der Waals surface area contributed by atoms with Gasteiger partial charge in [-0.25, -0.2) is 0 Å². The van der Waals surface area contributed by atoms with Gasteiger partial charge in [0, 0.05) is 24.7 Å². The summed E-state index contributed by atoms with van der Waals surface area (Å²) in [6.45, 7) is 5.29. The fourth-order valence-electron chi connectivity index (χ4n) is 2.73. The minimum absolute atomic E-state index is 0.0252. The van der Waals surface area contributed by atoms with Gasteiger partial charge in [-0.3, -0.25) is 10.1 Å². The van der Waals surface area contributed by atoms with Gasteiger partial charge < -0.3 is 14.6 Å². The Morgan fingerprint density at radius 3 is 3.19 bits per heavy atom. The summed E-state index contributed by atoms with van der Waals surface area (Å²) < 4.78 is 5.61. The fraction of sp³-hybridized carbons (Fsp3) is 0.500. The Labute approximate surface area is 122 Å². The number of piperidine rings is 1. The number of hydrogen-bond acceptors (Lipinski definition) is 6. The summed E-state index contributed by atoms with van der Waals surface area (Å²) in [6.07, 6.45) is 2.23. The molecule has 1 saturated heterocycles. The molecule has 0 saturated carbocycles. The number of nitrogens with zero attached hydrogens (tertiary/aromatic N) is 3. The van der Waals surface area contributed by atoms with Crippen LogP contribution in [0, 0.1) is 10.1 Å². The molecule has 1 aromatic heterocycles. The Bertz CT molecular complexity index is 655. The van der Waals surface area contributed by atoms with Crippen molar-refractivity contribution in [3.63, 3.8) is 0 Å². The predicted octanol–water partition coefficient (Wildman–Crippen LogP) is 2.63. The largest absolute Gasteiger partial charge is 0.424 e. The molecule has 1 unspecified atom stereocenters. The first kappa shape index (κ1) is 13.8. The lowest BCUT2D eigenvalue weighted by Crippen LogP contribution is -2.41. The summed E-state index contributed by atoms with van der Waals surface area (Å²) in [4.78, 5) is 17.0. The van der Waals surface area contributed by atoms with Crippen LogP contribution in [-0.4, -0.2) is 40.5 Å². The molecule has 7 heteroatoms. The number of fused-ring (bicyclic) bond motifs is 1. The number of anilines is 1. The normalized spacial score (nSPS) is 19.8. The van der Waals surface area contributed by atoms with Crippen molar-refractivity contribution in [2.45, 2.75) is 25.8 Å². The van der Waals surface area contributed by atoms with Crippen molar-refractivity contribution >= 4 is 22.8 Å². The Hall–Kier alpha value is -2.15. The second-order valence-corrected chi connectivity index (χ2v) is 5.30. The van der Waals surface area contributed by atoms with E-state index in [2.05, 4.69) is 22.1 Å². The molecule has 0 radical (unpaired) electrons. The van der Waals surface area contributed by atoms with Gasteiger partial charge in [-0.2, -0.15) is 4.98 Å². The van der Waals surface area contributed by atoms with Crippen LogP contribution in [0.4, 0.5) is 11.7 Å². The summed E-state index contributed by atoms with van der Waals surface area (Å²) in [7, 11) is 0. The highest BCUT2D eigenvalue weighted by Crippen LogP contribution is 2.24. The molecule has 0 spiro atoms. The molecule has 3 rings (SSSR count). The third-order valence-corrected chi connectivity index (χ3v) is 3.86. The van der Waals surface area contributed by atoms with Crippen LogP contribution in [0.3, 0.4) is 0 Å². The van der Waals surface area contributed by atoms with E-state index in [1.807, 2.05) is 0 Å². The molecule has 1 aliphatic rings. The molecule has 21 heavy (non-hydrogen) atoms. The summed E-state index contributed by atoms with van der Waals surface area (Å²) in [6, 6.07) is 5.19. The number of nitrogens with one attached hydrogen (secondary N) is 1. The maximum absolute atomic E-state index is 10.8. The van der Waals surface area contributed by atoms with Crippen LogP contribution in [0.1, 0.15) is 19.8 Å². The molecule has 1 aliphatic heterocycles. The smallest absolute Gasteiger partial charge is 0.295 e. The van der Waals surface area contributed by atoms with Gasteiger partial charge in [0.05, 0.1) is 4.92 Å². The summed E-state index contributed by atoms with van der Waals surface area (Å²) in [5.74, 6) is 0. The number of likely N-dealkylation sites (tertiary alicyclic amines) is 1. The highest BCUT2D eigenvalue weighted by atomic mass is 16.6. The predicted molar refractivity (Wildman–Crippen MR) is 79.4 cm³/mol. The minimum Gasteiger partial charge on any atom is -0.424 e. The number of rotatable bonds is 4. The molecular formula is C14H18N4O3. The van der Waals surface area contributed by atoms with E-state index < -0.39 is 4.92 Å². The van der Waals surface area contributed by atoms with Gasteiger partial charge >= 0.3 is 0 Å². The van der Waals surface area contributed by atoms with Crippen LogP contribution in [0.25, 0.3) is 11.1 Å². The average molecular weight is 290 g/mol. The Kier molecular flexibility index (Phi) is 3.74. The third-order valence-electron chi connectivity index (χ3n) is 3.86. The van der Waals surface area contributed by atoms with E-state index in [9.17, 15) is 10.1 Å². The molecule has 0 bridgehead atoms. The molecular weight excluding hydrogens is 272 g/mol. The van der Waals surface area contributed by atoms with E-state index >= 15 is 0 Å². The number of nitro benzene ring substituents is 1. The van der Waals surface area contributed by atoms with Gasteiger partial charge in [-0.1, -0.05) is 6.92 Å². The molecule has 1 aromatic carbocycles. The van der Waals surface area contributed by atoms with E-state index in [1.165, 1.54) is 12.1 Å². The zero-order valence-corrected chi connectivity index (χ0v) is 11.9. The quantitative estimate of drug-likeness (QED) is 0.688. The molecule has 2 aromatic rings. The lowest BCUT2D eigenvalue weighted by Gasteiger charge is -2.31. The summed E-state index contributed by atoms with van der Waals surface area (Å²) in [5, 5.41) is 14.1. The van der Waals surface area contributed by atoms with Crippen LogP contribution in [0.2, 0.25) is 0 Å². The van der Waals surface area contributed by atoms with E-state index in [0.29, 0.717) is 23.2 Å². The van der Waals surface area contributed by atoms with Crippen molar-refractivity contribution in [1.29, 1.82) is 0 Å². The topological polar surface area (TPSA) is 84.4 Å². The molecule has 0 amide bonds.